The quantitative estimate of drug-likeness (QED) is 0.849. The average Bonchev–Trinajstić information content (AvgIpc) is 2.91. The van der Waals surface area contributed by atoms with Crippen molar-refractivity contribution in [2.45, 2.75) is 6.54 Å². The van der Waals surface area contributed by atoms with Crippen LogP contribution in [0.1, 0.15) is 11.3 Å². The molecular weight excluding hydrogens is 252 g/mol. The van der Waals surface area contributed by atoms with E-state index < -0.39 is 0 Å². The van der Waals surface area contributed by atoms with Crippen LogP contribution in [0.4, 0.5) is 5.69 Å². The largest absolute Gasteiger partial charge is 0.465 e. The highest BCUT2D eigenvalue weighted by molar-refractivity contribution is 6.01. The lowest BCUT2D eigenvalue weighted by Crippen LogP contribution is -2.11. The first-order valence-corrected chi connectivity index (χ1v) is 6.40. The predicted molar refractivity (Wildman–Crippen MR) is 80.2 cm³/mol. The summed E-state index contributed by atoms with van der Waals surface area (Å²) in [5.74, 6) is 0.475. The molecule has 4 nitrogen and oxygen atoms in total. The molecule has 0 radical (unpaired) electrons. The Hall–Kier alpha value is -2.33. The lowest BCUT2D eigenvalue weighted by Gasteiger charge is -2.10. The Labute approximate surface area is 118 Å². The van der Waals surface area contributed by atoms with Gasteiger partial charge in [-0.2, -0.15) is 0 Å². The molecule has 2 aromatic rings. The van der Waals surface area contributed by atoms with Crippen LogP contribution in [0.15, 0.2) is 53.2 Å². The van der Waals surface area contributed by atoms with Gasteiger partial charge in [0.15, 0.2) is 0 Å². The Morgan fingerprint density at radius 1 is 1.25 bits per heavy atom. The van der Waals surface area contributed by atoms with Crippen LogP contribution in [0.3, 0.4) is 0 Å². The van der Waals surface area contributed by atoms with Gasteiger partial charge in [0.2, 0.25) is 5.91 Å². The molecule has 0 aliphatic carbocycles. The summed E-state index contributed by atoms with van der Waals surface area (Å²) >= 11 is 0. The molecule has 0 unspecified atom stereocenters. The molecule has 0 aliphatic rings. The summed E-state index contributed by atoms with van der Waals surface area (Å²) in [6, 6.07) is 11.4. The first-order chi connectivity index (χ1) is 9.63. The highest BCUT2D eigenvalue weighted by Crippen LogP contribution is 2.11. The molecule has 0 saturated heterocycles. The number of furan rings is 1. The minimum atomic E-state index is -0.179. The third-order valence-electron chi connectivity index (χ3n) is 2.66. The van der Waals surface area contributed by atoms with E-state index in [1.54, 1.807) is 24.5 Å². The van der Waals surface area contributed by atoms with Gasteiger partial charge >= 0.3 is 0 Å². The van der Waals surface area contributed by atoms with Crippen LogP contribution in [0.25, 0.3) is 6.08 Å². The molecule has 2 rings (SSSR count). The maximum Gasteiger partial charge on any atom is 0.248 e. The van der Waals surface area contributed by atoms with Gasteiger partial charge in [-0.25, -0.2) is 0 Å². The second kappa shape index (κ2) is 6.73. The molecular formula is C16H18N2O2. The fraction of sp³-hybridized carbons (Fsp3) is 0.188. The Kier molecular flexibility index (Phi) is 4.74. The number of rotatable bonds is 5. The Bertz CT molecular complexity index is 569. The number of carbonyl (C=O) groups excluding carboxylic acids is 1. The van der Waals surface area contributed by atoms with Crippen LogP contribution in [0.5, 0.6) is 0 Å². The van der Waals surface area contributed by atoms with Crippen LogP contribution >= 0.6 is 0 Å². The van der Waals surface area contributed by atoms with E-state index in [0.29, 0.717) is 5.76 Å². The predicted octanol–water partition coefficient (Wildman–Crippen LogP) is 2.99. The van der Waals surface area contributed by atoms with Crippen molar-refractivity contribution < 1.29 is 9.21 Å². The van der Waals surface area contributed by atoms with Crippen molar-refractivity contribution in [2.24, 2.45) is 0 Å². The highest BCUT2D eigenvalue weighted by Gasteiger charge is 2.00. The molecule has 0 atom stereocenters. The van der Waals surface area contributed by atoms with Gasteiger partial charge in [-0.15, -0.1) is 0 Å². The van der Waals surface area contributed by atoms with Crippen molar-refractivity contribution in [1.82, 2.24) is 4.90 Å². The number of benzene rings is 1. The average molecular weight is 270 g/mol. The molecule has 0 aliphatic heterocycles. The number of anilines is 1. The van der Waals surface area contributed by atoms with Gasteiger partial charge in [0, 0.05) is 18.3 Å². The van der Waals surface area contributed by atoms with Gasteiger partial charge < -0.3 is 14.6 Å². The van der Waals surface area contributed by atoms with Gasteiger partial charge in [0.05, 0.1) is 6.26 Å². The van der Waals surface area contributed by atoms with Crippen molar-refractivity contribution in [3.05, 3.63) is 60.1 Å². The number of nitrogens with one attached hydrogen (secondary N) is 1. The molecule has 0 fully saturated rings. The smallest absolute Gasteiger partial charge is 0.248 e. The van der Waals surface area contributed by atoms with Crippen LogP contribution in [0.2, 0.25) is 0 Å². The zero-order valence-electron chi connectivity index (χ0n) is 11.7. The number of nitrogens with zero attached hydrogens (tertiary/aromatic N) is 1. The van der Waals surface area contributed by atoms with Gasteiger partial charge in [-0.05, 0) is 50.0 Å². The third kappa shape index (κ3) is 4.40. The molecule has 1 N–H and O–H groups in total. The number of amides is 1. The van der Waals surface area contributed by atoms with Gasteiger partial charge in [-0.3, -0.25) is 4.79 Å². The number of hydrogen-bond acceptors (Lipinski definition) is 3. The summed E-state index contributed by atoms with van der Waals surface area (Å²) < 4.78 is 5.12. The Morgan fingerprint density at radius 2 is 2.00 bits per heavy atom. The monoisotopic (exact) mass is 270 g/mol. The molecule has 4 heteroatoms. The third-order valence-corrected chi connectivity index (χ3v) is 2.66. The van der Waals surface area contributed by atoms with E-state index in [1.165, 1.54) is 11.6 Å². The first-order valence-electron chi connectivity index (χ1n) is 6.40. The SMILES string of the molecule is CN(C)Cc1ccc(NC(=O)/C=C\c2ccco2)cc1. The van der Waals surface area contributed by atoms with E-state index in [0.717, 1.165) is 12.2 Å². The summed E-state index contributed by atoms with van der Waals surface area (Å²) in [6.45, 7) is 0.882. The van der Waals surface area contributed by atoms with E-state index in [1.807, 2.05) is 38.4 Å². The van der Waals surface area contributed by atoms with Crippen LogP contribution in [-0.2, 0) is 11.3 Å². The van der Waals surface area contributed by atoms with Gasteiger partial charge in [0.1, 0.15) is 5.76 Å². The minimum Gasteiger partial charge on any atom is -0.465 e. The van der Waals surface area contributed by atoms with E-state index in [4.69, 9.17) is 4.42 Å². The van der Waals surface area contributed by atoms with E-state index in [9.17, 15) is 4.79 Å². The van der Waals surface area contributed by atoms with Crippen molar-refractivity contribution >= 4 is 17.7 Å². The highest BCUT2D eigenvalue weighted by atomic mass is 16.3. The summed E-state index contributed by atoms with van der Waals surface area (Å²) in [6.07, 6.45) is 4.66. The Morgan fingerprint density at radius 3 is 2.60 bits per heavy atom. The fourth-order valence-electron chi connectivity index (χ4n) is 1.79. The molecule has 0 saturated carbocycles. The molecule has 1 aromatic carbocycles. The van der Waals surface area contributed by atoms with Gasteiger partial charge in [0.25, 0.3) is 0 Å². The minimum absolute atomic E-state index is 0.179. The lowest BCUT2D eigenvalue weighted by molar-refractivity contribution is -0.111. The van der Waals surface area contributed by atoms with Crippen LogP contribution in [0, 0.1) is 0 Å². The van der Waals surface area contributed by atoms with E-state index in [2.05, 4.69) is 10.2 Å². The fourth-order valence-corrected chi connectivity index (χ4v) is 1.79. The molecule has 20 heavy (non-hydrogen) atoms. The van der Waals surface area contributed by atoms with Gasteiger partial charge in [-0.1, -0.05) is 12.1 Å². The molecule has 0 spiro atoms. The normalized spacial score (nSPS) is 11.2. The lowest BCUT2D eigenvalue weighted by atomic mass is 10.2. The zero-order chi connectivity index (χ0) is 14.4. The van der Waals surface area contributed by atoms with Crippen molar-refractivity contribution in [3.8, 4) is 0 Å². The topological polar surface area (TPSA) is 45.5 Å². The Balaban J connectivity index is 1.91. The number of hydrogen-bond donors (Lipinski definition) is 1. The molecule has 104 valence electrons. The first kappa shape index (κ1) is 14.1. The summed E-state index contributed by atoms with van der Waals surface area (Å²) in [5, 5.41) is 2.80. The molecule has 1 amide bonds. The maximum atomic E-state index is 11.7. The zero-order valence-corrected chi connectivity index (χ0v) is 11.7. The maximum absolute atomic E-state index is 11.7. The van der Waals surface area contributed by atoms with E-state index in [-0.39, 0.29) is 5.91 Å². The van der Waals surface area contributed by atoms with Crippen molar-refractivity contribution in [1.29, 1.82) is 0 Å². The second-order valence-electron chi connectivity index (χ2n) is 4.77. The van der Waals surface area contributed by atoms with E-state index >= 15 is 0 Å². The number of carbonyl (C=O) groups is 1. The summed E-state index contributed by atoms with van der Waals surface area (Å²) in [7, 11) is 4.05. The standard InChI is InChI=1S/C16H18N2O2/c1-18(2)12-13-5-7-14(8-6-13)17-16(19)10-9-15-4-3-11-20-15/h3-11H,12H2,1-2H3,(H,17,19)/b10-9-. The van der Waals surface area contributed by atoms with Crippen LogP contribution < -0.4 is 5.32 Å². The molecule has 0 bridgehead atoms. The second-order valence-corrected chi connectivity index (χ2v) is 4.77. The summed E-state index contributed by atoms with van der Waals surface area (Å²) in [5.41, 5.74) is 1.99. The van der Waals surface area contributed by atoms with Crippen molar-refractivity contribution in [3.63, 3.8) is 0 Å². The molecule has 1 heterocycles. The van der Waals surface area contributed by atoms with Crippen molar-refractivity contribution in [2.75, 3.05) is 19.4 Å². The molecule has 1 aromatic heterocycles. The van der Waals surface area contributed by atoms with Crippen LogP contribution in [-0.4, -0.2) is 24.9 Å². The summed E-state index contributed by atoms with van der Waals surface area (Å²) in [4.78, 5) is 13.8.